The molecule has 0 radical (unpaired) electrons. The topological polar surface area (TPSA) is 38.0 Å². The van der Waals surface area contributed by atoms with Crippen LogP contribution in [0.1, 0.15) is 16.7 Å². The molecule has 20 heavy (non-hydrogen) atoms. The molecule has 0 saturated heterocycles. The Balaban J connectivity index is 1.79. The van der Waals surface area contributed by atoms with Gasteiger partial charge in [-0.2, -0.15) is 0 Å². The van der Waals surface area contributed by atoms with Gasteiger partial charge in [-0.3, -0.25) is 0 Å². The number of halogens is 2. The summed E-state index contributed by atoms with van der Waals surface area (Å²) in [5.41, 5.74) is 8.62. The third-order valence-electron chi connectivity index (χ3n) is 3.17. The lowest BCUT2D eigenvalue weighted by Crippen LogP contribution is -2.17. The molecule has 0 spiro atoms. The molecule has 0 aliphatic rings. The first-order chi connectivity index (χ1) is 9.69. The number of rotatable bonds is 6. The SMILES string of the molecule is NCc1ccc(CNCCc2cc(Br)ccc2F)cc1. The van der Waals surface area contributed by atoms with Crippen molar-refractivity contribution in [1.82, 2.24) is 5.32 Å². The van der Waals surface area contributed by atoms with Crippen molar-refractivity contribution in [3.05, 3.63) is 69.4 Å². The molecule has 0 amide bonds. The molecule has 0 fully saturated rings. The van der Waals surface area contributed by atoms with Crippen molar-refractivity contribution in [3.8, 4) is 0 Å². The zero-order valence-corrected chi connectivity index (χ0v) is 12.8. The molecule has 0 atom stereocenters. The standard InChI is InChI=1S/C16H18BrFN2/c17-15-5-6-16(18)14(9-15)7-8-20-11-13-3-1-12(10-19)2-4-13/h1-6,9,20H,7-8,10-11,19H2. The molecule has 106 valence electrons. The van der Waals surface area contributed by atoms with Crippen molar-refractivity contribution in [3.63, 3.8) is 0 Å². The van der Waals surface area contributed by atoms with Crippen LogP contribution in [0.3, 0.4) is 0 Å². The molecule has 0 aliphatic carbocycles. The maximum Gasteiger partial charge on any atom is 0.126 e. The number of nitrogens with two attached hydrogens (primary N) is 1. The van der Waals surface area contributed by atoms with E-state index in [1.54, 1.807) is 6.07 Å². The molecular weight excluding hydrogens is 319 g/mol. The molecule has 4 heteroatoms. The van der Waals surface area contributed by atoms with Crippen LogP contribution in [0.4, 0.5) is 4.39 Å². The number of hydrogen-bond donors (Lipinski definition) is 2. The van der Waals surface area contributed by atoms with Gasteiger partial charge in [0.15, 0.2) is 0 Å². The number of nitrogens with one attached hydrogen (secondary N) is 1. The van der Waals surface area contributed by atoms with Crippen LogP contribution in [-0.4, -0.2) is 6.54 Å². The Morgan fingerprint density at radius 3 is 2.45 bits per heavy atom. The molecule has 3 N–H and O–H groups in total. The van der Waals surface area contributed by atoms with E-state index < -0.39 is 0 Å². The van der Waals surface area contributed by atoms with E-state index in [1.165, 1.54) is 11.6 Å². The van der Waals surface area contributed by atoms with Crippen molar-refractivity contribution in [2.45, 2.75) is 19.5 Å². The molecule has 2 aromatic carbocycles. The number of hydrogen-bond acceptors (Lipinski definition) is 2. The van der Waals surface area contributed by atoms with E-state index in [2.05, 4.69) is 33.4 Å². The predicted octanol–water partition coefficient (Wildman–Crippen LogP) is 3.38. The van der Waals surface area contributed by atoms with Gasteiger partial charge < -0.3 is 11.1 Å². The third kappa shape index (κ3) is 4.40. The minimum absolute atomic E-state index is 0.151. The minimum atomic E-state index is -0.151. The second kappa shape index (κ2) is 7.53. The van der Waals surface area contributed by atoms with Crippen molar-refractivity contribution >= 4 is 15.9 Å². The summed E-state index contributed by atoms with van der Waals surface area (Å²) in [5, 5.41) is 3.32. The van der Waals surface area contributed by atoms with E-state index in [0.29, 0.717) is 13.0 Å². The van der Waals surface area contributed by atoms with E-state index in [4.69, 9.17) is 5.73 Å². The molecule has 0 heterocycles. The molecule has 0 aromatic heterocycles. The maximum atomic E-state index is 13.5. The molecule has 2 rings (SSSR count). The second-order valence-electron chi connectivity index (χ2n) is 4.68. The van der Waals surface area contributed by atoms with Gasteiger partial charge in [0, 0.05) is 17.6 Å². The highest BCUT2D eigenvalue weighted by atomic mass is 79.9. The van der Waals surface area contributed by atoms with Gasteiger partial charge in [0.05, 0.1) is 0 Å². The van der Waals surface area contributed by atoms with Gasteiger partial charge in [-0.05, 0) is 47.9 Å². The molecule has 0 bridgehead atoms. The highest BCUT2D eigenvalue weighted by molar-refractivity contribution is 9.10. The molecular formula is C16H18BrFN2. The van der Waals surface area contributed by atoms with Crippen molar-refractivity contribution in [1.29, 1.82) is 0 Å². The largest absolute Gasteiger partial charge is 0.326 e. The molecule has 0 unspecified atom stereocenters. The van der Waals surface area contributed by atoms with Gasteiger partial charge in [-0.15, -0.1) is 0 Å². The van der Waals surface area contributed by atoms with Gasteiger partial charge in [-0.1, -0.05) is 40.2 Å². The summed E-state index contributed by atoms with van der Waals surface area (Å²) in [4.78, 5) is 0. The number of benzene rings is 2. The summed E-state index contributed by atoms with van der Waals surface area (Å²) in [6.45, 7) is 2.09. The van der Waals surface area contributed by atoms with Crippen molar-refractivity contribution < 1.29 is 4.39 Å². The quantitative estimate of drug-likeness (QED) is 0.793. The Hall–Kier alpha value is -1.23. The van der Waals surface area contributed by atoms with Crippen molar-refractivity contribution in [2.75, 3.05) is 6.54 Å². The Bertz CT molecular complexity index is 555. The fourth-order valence-electron chi connectivity index (χ4n) is 1.98. The van der Waals surface area contributed by atoms with Crippen LogP contribution in [0.15, 0.2) is 46.9 Å². The zero-order valence-electron chi connectivity index (χ0n) is 11.2. The van der Waals surface area contributed by atoms with E-state index >= 15 is 0 Å². The van der Waals surface area contributed by atoms with Crippen LogP contribution in [0.2, 0.25) is 0 Å². The fraction of sp³-hybridized carbons (Fsp3) is 0.250. The lowest BCUT2D eigenvalue weighted by molar-refractivity contribution is 0.597. The van der Waals surface area contributed by atoms with Gasteiger partial charge in [0.1, 0.15) is 5.82 Å². The first-order valence-electron chi connectivity index (χ1n) is 6.61. The van der Waals surface area contributed by atoms with Crippen LogP contribution in [-0.2, 0) is 19.5 Å². The minimum Gasteiger partial charge on any atom is -0.326 e. The highest BCUT2D eigenvalue weighted by Gasteiger charge is 2.02. The Labute approximate surface area is 127 Å². The van der Waals surface area contributed by atoms with Crippen LogP contribution in [0.5, 0.6) is 0 Å². The zero-order chi connectivity index (χ0) is 14.4. The third-order valence-corrected chi connectivity index (χ3v) is 3.66. The van der Waals surface area contributed by atoms with Crippen LogP contribution in [0, 0.1) is 5.82 Å². The average molecular weight is 337 g/mol. The summed E-state index contributed by atoms with van der Waals surface area (Å²) in [7, 11) is 0. The summed E-state index contributed by atoms with van der Waals surface area (Å²) in [5.74, 6) is -0.151. The fourth-order valence-corrected chi connectivity index (χ4v) is 2.39. The second-order valence-corrected chi connectivity index (χ2v) is 5.60. The Kier molecular flexibility index (Phi) is 5.71. The van der Waals surface area contributed by atoms with Gasteiger partial charge in [0.25, 0.3) is 0 Å². The van der Waals surface area contributed by atoms with Crippen LogP contribution < -0.4 is 11.1 Å². The summed E-state index contributed by atoms with van der Waals surface area (Å²) in [6.07, 6.45) is 0.673. The highest BCUT2D eigenvalue weighted by Crippen LogP contribution is 2.15. The molecule has 0 aliphatic heterocycles. The van der Waals surface area contributed by atoms with Crippen LogP contribution in [0.25, 0.3) is 0 Å². The van der Waals surface area contributed by atoms with E-state index in [9.17, 15) is 4.39 Å². The van der Waals surface area contributed by atoms with Gasteiger partial charge in [0.2, 0.25) is 0 Å². The Morgan fingerprint density at radius 2 is 1.75 bits per heavy atom. The summed E-state index contributed by atoms with van der Waals surface area (Å²) in [6, 6.07) is 13.2. The smallest absolute Gasteiger partial charge is 0.126 e. The van der Waals surface area contributed by atoms with Crippen molar-refractivity contribution in [2.24, 2.45) is 5.73 Å². The van der Waals surface area contributed by atoms with E-state index in [0.717, 1.165) is 28.7 Å². The first kappa shape index (κ1) is 15.2. The maximum absolute atomic E-state index is 13.5. The predicted molar refractivity (Wildman–Crippen MR) is 83.8 cm³/mol. The lowest BCUT2D eigenvalue weighted by Gasteiger charge is -2.07. The Morgan fingerprint density at radius 1 is 1.05 bits per heavy atom. The summed E-state index contributed by atoms with van der Waals surface area (Å²) >= 11 is 3.36. The first-order valence-corrected chi connectivity index (χ1v) is 7.41. The normalized spacial score (nSPS) is 10.8. The summed E-state index contributed by atoms with van der Waals surface area (Å²) < 4.78 is 14.5. The van der Waals surface area contributed by atoms with E-state index in [-0.39, 0.29) is 5.82 Å². The molecule has 0 saturated carbocycles. The van der Waals surface area contributed by atoms with Crippen LogP contribution >= 0.6 is 15.9 Å². The lowest BCUT2D eigenvalue weighted by atomic mass is 10.1. The van der Waals surface area contributed by atoms with E-state index in [1.807, 2.05) is 18.2 Å². The monoisotopic (exact) mass is 336 g/mol. The molecule has 2 aromatic rings. The van der Waals surface area contributed by atoms with Gasteiger partial charge in [-0.25, -0.2) is 4.39 Å². The molecule has 2 nitrogen and oxygen atoms in total. The van der Waals surface area contributed by atoms with Gasteiger partial charge >= 0.3 is 0 Å². The average Bonchev–Trinajstić information content (AvgIpc) is 2.47.